The molecule has 2 aromatic carbocycles. The monoisotopic (exact) mass is 780 g/mol. The summed E-state index contributed by atoms with van der Waals surface area (Å²) in [4.78, 5) is 86.2. The molecule has 2 saturated heterocycles. The summed E-state index contributed by atoms with van der Waals surface area (Å²) in [6, 6.07) is 2.35. The van der Waals surface area contributed by atoms with Crippen molar-refractivity contribution in [1.29, 1.82) is 0 Å². The zero-order chi connectivity index (χ0) is 38.6. The summed E-state index contributed by atoms with van der Waals surface area (Å²) < 4.78 is 48.2. The summed E-state index contributed by atoms with van der Waals surface area (Å²) in [7, 11) is -3.94. The highest BCUT2D eigenvalue weighted by Crippen LogP contribution is 2.46. The molecule has 55 heavy (non-hydrogen) atoms. The Kier molecular flexibility index (Phi) is 9.70. The van der Waals surface area contributed by atoms with Crippen LogP contribution in [0.15, 0.2) is 39.9 Å². The maximum absolute atomic E-state index is 14.6. The lowest BCUT2D eigenvalue weighted by Crippen LogP contribution is -2.58. The number of allylic oxidation sites excluding steroid dienone is 1. The van der Waals surface area contributed by atoms with Gasteiger partial charge in [0.2, 0.25) is 21.8 Å². The number of fused-ring (bicyclic) bond motifs is 3. The van der Waals surface area contributed by atoms with Gasteiger partial charge in [-0.25, -0.2) is 17.6 Å². The molecule has 3 N–H and O–H groups in total. The molecule has 0 bridgehead atoms. The van der Waals surface area contributed by atoms with Gasteiger partial charge in [0, 0.05) is 37.5 Å². The lowest BCUT2D eigenvalue weighted by atomic mass is 10.0. The molecule has 294 valence electrons. The number of hydrogen-bond acceptors (Lipinski definition) is 11. The number of nitrogens with zero attached hydrogens (tertiary/aromatic N) is 3. The second-order valence-electron chi connectivity index (χ2n) is 15.8. The summed E-state index contributed by atoms with van der Waals surface area (Å²) in [5, 5.41) is 5.22. The maximum Gasteiger partial charge on any atom is 0.410 e. The Hall–Kier alpha value is -4.80. The molecule has 6 aliphatic rings. The molecule has 0 aromatic heterocycles. The number of sulfonamides is 1. The molecule has 0 spiro atoms. The highest BCUT2D eigenvalue weighted by molar-refractivity contribution is 7.91. The van der Waals surface area contributed by atoms with Crippen molar-refractivity contribution in [2.45, 2.75) is 113 Å². The number of carbonyl (C=O) groups is 4. The number of amides is 4. The number of carbonyl (C=O) groups excluding carboxylic acids is 4. The van der Waals surface area contributed by atoms with Crippen molar-refractivity contribution in [2.24, 2.45) is 5.92 Å². The molecular weight excluding hydrogens is 736 g/mol. The van der Waals surface area contributed by atoms with Crippen LogP contribution in [0.3, 0.4) is 0 Å². The molecule has 0 unspecified atom stereocenters. The van der Waals surface area contributed by atoms with E-state index in [-0.39, 0.29) is 50.3 Å². The number of halogens is 1. The van der Waals surface area contributed by atoms with Crippen molar-refractivity contribution in [2.75, 3.05) is 29.9 Å². The standard InChI is InChI=1S/C38H45FN6O9S/c39-27-11-8-9-22-19-44(21-26(22)27)37(51)54-24-17-29-34(48)41-38(36(50)42-55(52,53)25-13-14-25)18-23(38)10-4-2-1-3-5-12-28(35(49)45(29)20-24)40-30-31(33(47)32(30)46)43-15-6-7-16-43/h4,8-11,23-25,28-29,40H,1-3,5-7,12-21H2,(H,41,48)(H,42,50)/b10-4-/t23-,24+,28-,29-,38+/m0/s1. The zero-order valence-electron chi connectivity index (χ0n) is 30.4. The van der Waals surface area contributed by atoms with Gasteiger partial charge in [-0.2, -0.15) is 0 Å². The van der Waals surface area contributed by atoms with Gasteiger partial charge >= 0.3 is 6.09 Å². The van der Waals surface area contributed by atoms with Gasteiger partial charge in [0.15, 0.2) is 0 Å². The van der Waals surface area contributed by atoms with Gasteiger partial charge < -0.3 is 25.2 Å². The number of hydrogen-bond donors (Lipinski definition) is 3. The van der Waals surface area contributed by atoms with Crippen molar-refractivity contribution >= 4 is 45.2 Å². The fourth-order valence-electron chi connectivity index (χ4n) is 8.50. The molecule has 4 fully saturated rings. The minimum absolute atomic E-state index is 0.0103. The molecule has 4 amide bonds. The van der Waals surface area contributed by atoms with E-state index in [0.717, 1.165) is 25.7 Å². The third-order valence-electron chi connectivity index (χ3n) is 11.9. The third kappa shape index (κ3) is 7.11. The topological polar surface area (TPSA) is 192 Å². The van der Waals surface area contributed by atoms with E-state index < -0.39 is 85.4 Å². The smallest absolute Gasteiger partial charge is 0.410 e. The van der Waals surface area contributed by atoms with Crippen molar-refractivity contribution in [3.63, 3.8) is 0 Å². The van der Waals surface area contributed by atoms with Gasteiger partial charge in [-0.15, -0.1) is 0 Å². The number of ether oxygens (including phenoxy) is 1. The summed E-state index contributed by atoms with van der Waals surface area (Å²) >= 11 is 0. The Morgan fingerprint density at radius 1 is 0.964 bits per heavy atom. The summed E-state index contributed by atoms with van der Waals surface area (Å²) in [5.74, 6) is -3.05. The molecule has 17 heteroatoms. The predicted octanol–water partition coefficient (Wildman–Crippen LogP) is 1.93. The molecule has 15 nitrogen and oxygen atoms in total. The van der Waals surface area contributed by atoms with Crippen molar-refractivity contribution < 1.29 is 36.7 Å². The van der Waals surface area contributed by atoms with Crippen LogP contribution >= 0.6 is 0 Å². The van der Waals surface area contributed by atoms with Crippen LogP contribution in [0.1, 0.15) is 81.8 Å². The summed E-state index contributed by atoms with van der Waals surface area (Å²) in [5.41, 5.74) is -1.53. The van der Waals surface area contributed by atoms with Gasteiger partial charge in [0.05, 0.1) is 18.3 Å². The SMILES string of the molecule is O=C1N[C@]2(C(=O)NS(=O)(=O)C3CC3)C[C@@H]2/C=C\CCCCC[C@H](Nc2c(N3CCCC3)c(=O)c2=O)C(=O)N2C[C@H](OC(=O)N3Cc4cccc(F)c4C3)C[C@@H]12. The van der Waals surface area contributed by atoms with Gasteiger partial charge in [0.1, 0.15) is 40.9 Å². The van der Waals surface area contributed by atoms with E-state index in [1.165, 1.54) is 15.9 Å². The first-order valence-corrected chi connectivity index (χ1v) is 20.8. The molecular formula is C38H45FN6O9S. The highest BCUT2D eigenvalue weighted by atomic mass is 32.2. The van der Waals surface area contributed by atoms with Crippen LogP contribution in [0.25, 0.3) is 0 Å². The van der Waals surface area contributed by atoms with Crippen molar-refractivity contribution in [3.8, 4) is 0 Å². The number of nitrogens with one attached hydrogen (secondary N) is 3. The van der Waals surface area contributed by atoms with Crippen LogP contribution < -0.4 is 31.1 Å². The minimum atomic E-state index is -3.94. The van der Waals surface area contributed by atoms with Crippen molar-refractivity contribution in [3.05, 3.63) is 67.7 Å². The molecule has 4 aliphatic heterocycles. The van der Waals surface area contributed by atoms with Gasteiger partial charge in [-0.3, -0.25) is 33.6 Å². The van der Waals surface area contributed by atoms with E-state index in [9.17, 15) is 41.6 Å². The zero-order valence-corrected chi connectivity index (χ0v) is 31.2. The highest BCUT2D eigenvalue weighted by Gasteiger charge is 2.62. The summed E-state index contributed by atoms with van der Waals surface area (Å²) in [6.07, 6.45) is 7.61. The first-order chi connectivity index (χ1) is 26.4. The van der Waals surface area contributed by atoms with Gasteiger partial charge in [-0.1, -0.05) is 37.1 Å². The van der Waals surface area contributed by atoms with Crippen LogP contribution in [-0.4, -0.2) is 90.6 Å². The first-order valence-electron chi connectivity index (χ1n) is 19.3. The average molecular weight is 781 g/mol. The fourth-order valence-corrected chi connectivity index (χ4v) is 9.87. The molecule has 8 rings (SSSR count). The molecule has 0 radical (unpaired) electrons. The molecule has 2 saturated carbocycles. The fraction of sp³-hybridized carbons (Fsp3) is 0.579. The predicted molar refractivity (Wildman–Crippen MR) is 198 cm³/mol. The van der Waals surface area contributed by atoms with Crippen LogP contribution in [0.5, 0.6) is 0 Å². The second kappa shape index (κ2) is 14.4. The Bertz CT molecular complexity index is 2130. The van der Waals surface area contributed by atoms with Crippen LogP contribution in [-0.2, 0) is 42.2 Å². The average Bonchev–Trinajstić information content (AvgIpc) is 3.93. The lowest BCUT2D eigenvalue weighted by molar-refractivity contribution is -0.140. The van der Waals surface area contributed by atoms with Gasteiger partial charge in [0.25, 0.3) is 16.8 Å². The third-order valence-corrected chi connectivity index (χ3v) is 13.7. The van der Waals surface area contributed by atoms with Crippen LogP contribution in [0.4, 0.5) is 20.6 Å². The van der Waals surface area contributed by atoms with E-state index in [0.29, 0.717) is 49.9 Å². The second-order valence-corrected chi connectivity index (χ2v) is 17.7. The summed E-state index contributed by atoms with van der Waals surface area (Å²) in [6.45, 7) is 1.14. The van der Waals surface area contributed by atoms with E-state index in [1.807, 2.05) is 17.1 Å². The number of benzene rings is 1. The van der Waals surface area contributed by atoms with E-state index in [1.54, 1.807) is 12.1 Å². The maximum atomic E-state index is 14.6. The minimum Gasteiger partial charge on any atom is -0.444 e. The molecule has 2 aromatic rings. The Morgan fingerprint density at radius 2 is 1.75 bits per heavy atom. The number of anilines is 2. The molecule has 2 aliphatic carbocycles. The Morgan fingerprint density at radius 3 is 2.49 bits per heavy atom. The normalized spacial score (nSPS) is 29.1. The van der Waals surface area contributed by atoms with E-state index in [2.05, 4.69) is 15.4 Å². The Balaban J connectivity index is 1.07. The molecule has 5 atom stereocenters. The number of rotatable bonds is 7. The lowest BCUT2D eigenvalue weighted by Gasteiger charge is -2.31. The molecule has 4 heterocycles. The quantitative estimate of drug-likeness (QED) is 0.275. The first kappa shape index (κ1) is 37.1. The van der Waals surface area contributed by atoms with Crippen LogP contribution in [0.2, 0.25) is 0 Å². The van der Waals surface area contributed by atoms with E-state index in [4.69, 9.17) is 4.74 Å². The van der Waals surface area contributed by atoms with Crippen molar-refractivity contribution in [1.82, 2.24) is 19.8 Å². The van der Waals surface area contributed by atoms with Gasteiger partial charge in [-0.05, 0) is 63.0 Å². The Labute approximate surface area is 317 Å². The largest absolute Gasteiger partial charge is 0.444 e. The van der Waals surface area contributed by atoms with Crippen LogP contribution in [0, 0.1) is 11.7 Å². The van der Waals surface area contributed by atoms with E-state index >= 15 is 0 Å².